The van der Waals surface area contributed by atoms with Crippen LogP contribution < -0.4 is 5.56 Å². The summed E-state index contributed by atoms with van der Waals surface area (Å²) in [5.74, 6) is -0.739. The molecule has 0 fully saturated rings. The average molecular weight is 372 g/mol. The van der Waals surface area contributed by atoms with Gasteiger partial charge in [-0.3, -0.25) is 14.2 Å². The number of aromatic nitrogens is 2. The SMILES string of the molecule is COC(=O)[C@H](C)Sc1nc2ccccc2c(=O)n1Cc1ccc(F)cc1. The first kappa shape index (κ1) is 18.1. The summed E-state index contributed by atoms with van der Waals surface area (Å²) in [5.41, 5.74) is 1.12. The third-order valence-corrected chi connectivity index (χ3v) is 4.96. The van der Waals surface area contributed by atoms with Crippen molar-refractivity contribution in [1.82, 2.24) is 9.55 Å². The second-order valence-corrected chi connectivity index (χ2v) is 7.02. The molecule has 0 spiro atoms. The highest BCUT2D eigenvalue weighted by molar-refractivity contribution is 8.00. The molecule has 0 radical (unpaired) electrons. The van der Waals surface area contributed by atoms with Crippen LogP contribution in [0.4, 0.5) is 4.39 Å². The normalized spacial score (nSPS) is 12.1. The summed E-state index contributed by atoms with van der Waals surface area (Å²) in [5, 5.41) is 0.383. The van der Waals surface area contributed by atoms with Crippen LogP contribution in [0.15, 0.2) is 58.5 Å². The summed E-state index contributed by atoms with van der Waals surface area (Å²) in [7, 11) is 1.32. The Hall–Kier alpha value is -2.67. The van der Waals surface area contributed by atoms with E-state index >= 15 is 0 Å². The number of para-hydroxylation sites is 1. The van der Waals surface area contributed by atoms with Gasteiger partial charge in [-0.1, -0.05) is 36.0 Å². The quantitative estimate of drug-likeness (QED) is 0.391. The number of benzene rings is 2. The van der Waals surface area contributed by atoms with E-state index in [0.717, 1.165) is 17.3 Å². The van der Waals surface area contributed by atoms with E-state index in [1.807, 2.05) is 0 Å². The summed E-state index contributed by atoms with van der Waals surface area (Å²) in [6.45, 7) is 1.92. The number of methoxy groups -OCH3 is 1. The minimum absolute atomic E-state index is 0.209. The maximum absolute atomic E-state index is 13.2. The maximum atomic E-state index is 13.2. The Morgan fingerprint density at radius 3 is 2.62 bits per heavy atom. The van der Waals surface area contributed by atoms with E-state index in [1.54, 1.807) is 43.3 Å². The molecule has 0 aliphatic carbocycles. The zero-order chi connectivity index (χ0) is 18.7. The van der Waals surface area contributed by atoms with Gasteiger partial charge in [-0.05, 0) is 36.8 Å². The van der Waals surface area contributed by atoms with Gasteiger partial charge in [0.15, 0.2) is 5.16 Å². The number of rotatable bonds is 5. The summed E-state index contributed by atoms with van der Waals surface area (Å²) < 4.78 is 19.4. The maximum Gasteiger partial charge on any atom is 0.318 e. The number of hydrogen-bond donors (Lipinski definition) is 0. The van der Waals surface area contributed by atoms with Gasteiger partial charge in [-0.15, -0.1) is 0 Å². The van der Waals surface area contributed by atoms with Crippen molar-refractivity contribution >= 4 is 28.6 Å². The molecule has 3 rings (SSSR count). The standard InChI is InChI=1S/C19H17FN2O3S/c1-12(18(24)25-2)26-19-21-16-6-4-3-5-15(16)17(23)22(19)11-13-7-9-14(20)10-8-13/h3-10,12H,11H2,1-2H3/t12-/m0/s1. The largest absolute Gasteiger partial charge is 0.468 e. The van der Waals surface area contributed by atoms with Gasteiger partial charge in [-0.25, -0.2) is 9.37 Å². The summed E-state index contributed by atoms with van der Waals surface area (Å²) >= 11 is 1.16. The fourth-order valence-corrected chi connectivity index (χ4v) is 3.46. The lowest BCUT2D eigenvalue weighted by molar-refractivity contribution is -0.139. The zero-order valence-electron chi connectivity index (χ0n) is 14.3. The summed E-state index contributed by atoms with van der Waals surface area (Å²) in [6.07, 6.45) is 0. The van der Waals surface area contributed by atoms with Gasteiger partial charge >= 0.3 is 5.97 Å². The molecule has 0 aliphatic rings. The zero-order valence-corrected chi connectivity index (χ0v) is 15.1. The highest BCUT2D eigenvalue weighted by Crippen LogP contribution is 2.24. The van der Waals surface area contributed by atoms with Crippen LogP contribution in [0.1, 0.15) is 12.5 Å². The van der Waals surface area contributed by atoms with Gasteiger partial charge in [-0.2, -0.15) is 0 Å². The molecule has 1 aromatic heterocycles. The van der Waals surface area contributed by atoms with Crippen LogP contribution in [0.25, 0.3) is 10.9 Å². The molecule has 5 nitrogen and oxygen atoms in total. The lowest BCUT2D eigenvalue weighted by Crippen LogP contribution is -2.25. The number of esters is 1. The van der Waals surface area contributed by atoms with E-state index in [-0.39, 0.29) is 17.9 Å². The van der Waals surface area contributed by atoms with Gasteiger partial charge in [0.2, 0.25) is 0 Å². The number of carbonyl (C=O) groups is 1. The van der Waals surface area contributed by atoms with E-state index in [2.05, 4.69) is 4.98 Å². The van der Waals surface area contributed by atoms with E-state index in [4.69, 9.17) is 4.74 Å². The highest BCUT2D eigenvalue weighted by atomic mass is 32.2. The first-order valence-electron chi connectivity index (χ1n) is 7.98. The molecule has 0 bridgehead atoms. The number of carbonyl (C=O) groups excluding carboxylic acids is 1. The van der Waals surface area contributed by atoms with Crippen molar-refractivity contribution < 1.29 is 13.9 Å². The fourth-order valence-electron chi connectivity index (χ4n) is 2.52. The van der Waals surface area contributed by atoms with E-state index in [1.165, 1.54) is 23.8 Å². The molecule has 0 unspecified atom stereocenters. The van der Waals surface area contributed by atoms with Crippen molar-refractivity contribution in [3.8, 4) is 0 Å². The lowest BCUT2D eigenvalue weighted by Gasteiger charge is -2.15. The Morgan fingerprint density at radius 1 is 1.23 bits per heavy atom. The third kappa shape index (κ3) is 3.77. The highest BCUT2D eigenvalue weighted by Gasteiger charge is 2.20. The lowest BCUT2D eigenvalue weighted by atomic mass is 10.2. The van der Waals surface area contributed by atoms with Crippen molar-refractivity contribution in [2.75, 3.05) is 7.11 Å². The van der Waals surface area contributed by atoms with Gasteiger partial charge in [0.05, 0.1) is 24.6 Å². The molecule has 0 aliphatic heterocycles. The van der Waals surface area contributed by atoms with Gasteiger partial charge in [0, 0.05) is 0 Å². The summed E-state index contributed by atoms with van der Waals surface area (Å²) in [6, 6.07) is 13.0. The van der Waals surface area contributed by atoms with Crippen molar-refractivity contribution in [2.45, 2.75) is 23.9 Å². The molecule has 134 valence electrons. The first-order chi connectivity index (χ1) is 12.5. The van der Waals surface area contributed by atoms with Crippen molar-refractivity contribution in [1.29, 1.82) is 0 Å². The monoisotopic (exact) mass is 372 g/mol. The van der Waals surface area contributed by atoms with Crippen LogP contribution in [0.3, 0.4) is 0 Å². The number of thioether (sulfide) groups is 1. The molecule has 0 N–H and O–H groups in total. The number of nitrogens with zero attached hydrogens (tertiary/aromatic N) is 2. The number of halogens is 1. The second-order valence-electron chi connectivity index (χ2n) is 5.71. The van der Waals surface area contributed by atoms with E-state index in [9.17, 15) is 14.0 Å². The molecule has 7 heteroatoms. The smallest absolute Gasteiger partial charge is 0.318 e. The average Bonchev–Trinajstić information content (AvgIpc) is 2.65. The summed E-state index contributed by atoms with van der Waals surface area (Å²) in [4.78, 5) is 29.3. The first-order valence-corrected chi connectivity index (χ1v) is 8.86. The molecule has 3 aromatic rings. The number of hydrogen-bond acceptors (Lipinski definition) is 5. The Balaban J connectivity index is 2.09. The van der Waals surface area contributed by atoms with Crippen molar-refractivity contribution in [3.63, 3.8) is 0 Å². The second kappa shape index (κ2) is 7.70. The fraction of sp³-hybridized carbons (Fsp3) is 0.211. The molecule has 1 heterocycles. The molecule has 0 saturated carbocycles. The van der Waals surface area contributed by atoms with Gasteiger partial charge in [0.1, 0.15) is 11.1 Å². The molecular formula is C19H17FN2O3S. The Morgan fingerprint density at radius 2 is 1.92 bits per heavy atom. The van der Waals surface area contributed by atoms with Crippen molar-refractivity contribution in [3.05, 3.63) is 70.3 Å². The van der Waals surface area contributed by atoms with Crippen LogP contribution in [-0.2, 0) is 16.1 Å². The van der Waals surface area contributed by atoms with Crippen LogP contribution in [0, 0.1) is 5.82 Å². The predicted octanol–water partition coefficient (Wildman–Crippen LogP) is 3.24. The Bertz CT molecular complexity index is 1000. The molecule has 26 heavy (non-hydrogen) atoms. The molecular weight excluding hydrogens is 355 g/mol. The number of ether oxygens (including phenoxy) is 1. The van der Waals surface area contributed by atoms with E-state index in [0.29, 0.717) is 16.1 Å². The van der Waals surface area contributed by atoms with Crippen LogP contribution in [0.5, 0.6) is 0 Å². The predicted molar refractivity (Wildman–Crippen MR) is 98.8 cm³/mol. The van der Waals surface area contributed by atoms with Crippen LogP contribution >= 0.6 is 11.8 Å². The molecule has 0 amide bonds. The molecule has 2 aromatic carbocycles. The van der Waals surface area contributed by atoms with Crippen molar-refractivity contribution in [2.24, 2.45) is 0 Å². The van der Waals surface area contributed by atoms with Gasteiger partial charge in [0.25, 0.3) is 5.56 Å². The Kier molecular flexibility index (Phi) is 5.37. The minimum atomic E-state index is -0.521. The van der Waals surface area contributed by atoms with Crippen LogP contribution in [0.2, 0.25) is 0 Å². The minimum Gasteiger partial charge on any atom is -0.468 e. The third-order valence-electron chi connectivity index (χ3n) is 3.90. The van der Waals surface area contributed by atoms with E-state index < -0.39 is 11.2 Å². The van der Waals surface area contributed by atoms with Crippen LogP contribution in [-0.4, -0.2) is 27.9 Å². The van der Waals surface area contributed by atoms with Gasteiger partial charge < -0.3 is 4.74 Å². The topological polar surface area (TPSA) is 61.2 Å². The number of fused-ring (bicyclic) bond motifs is 1. The molecule has 0 saturated heterocycles. The molecule has 1 atom stereocenters. The Labute approximate surface area is 153 Å².